The standard InChI is InChI=1S/C10H8F2O2/c11-7-2-1-3-8(12)9(7)5-4-6(5)10(13)14/h1-3,5-6H,4H2,(H,13,14). The third-order valence-corrected chi connectivity index (χ3v) is 2.48. The van der Waals surface area contributed by atoms with Gasteiger partial charge in [-0.3, -0.25) is 4.79 Å². The Hall–Kier alpha value is -1.45. The van der Waals surface area contributed by atoms with Crippen LogP contribution in [0.1, 0.15) is 17.9 Å². The lowest BCUT2D eigenvalue weighted by molar-refractivity contribution is -0.138. The molecule has 1 aromatic carbocycles. The smallest absolute Gasteiger partial charge is 0.307 e. The predicted octanol–water partition coefficient (Wildman–Crippen LogP) is 2.15. The zero-order valence-electron chi connectivity index (χ0n) is 7.21. The van der Waals surface area contributed by atoms with Crippen LogP contribution in [0.2, 0.25) is 0 Å². The summed E-state index contributed by atoms with van der Waals surface area (Å²) in [6, 6.07) is 3.57. The van der Waals surface area contributed by atoms with Crippen molar-refractivity contribution in [3.63, 3.8) is 0 Å². The van der Waals surface area contributed by atoms with Crippen molar-refractivity contribution < 1.29 is 18.7 Å². The maximum Gasteiger partial charge on any atom is 0.307 e. The van der Waals surface area contributed by atoms with Crippen LogP contribution in [-0.2, 0) is 4.79 Å². The van der Waals surface area contributed by atoms with Gasteiger partial charge >= 0.3 is 5.97 Å². The van der Waals surface area contributed by atoms with Gasteiger partial charge < -0.3 is 5.11 Å². The van der Waals surface area contributed by atoms with Crippen molar-refractivity contribution in [2.24, 2.45) is 5.92 Å². The summed E-state index contributed by atoms with van der Waals surface area (Å²) in [5.41, 5.74) is -0.0834. The number of hydrogen-bond donors (Lipinski definition) is 1. The number of hydrogen-bond acceptors (Lipinski definition) is 1. The molecule has 0 bridgehead atoms. The molecule has 2 nitrogen and oxygen atoms in total. The summed E-state index contributed by atoms with van der Waals surface area (Å²) >= 11 is 0. The molecule has 4 heteroatoms. The summed E-state index contributed by atoms with van der Waals surface area (Å²) in [5.74, 6) is -3.41. The molecule has 0 aromatic heterocycles. The molecule has 0 radical (unpaired) electrons. The van der Waals surface area contributed by atoms with E-state index in [-0.39, 0.29) is 5.56 Å². The number of carboxylic acid groups (broad SMARTS) is 1. The lowest BCUT2D eigenvalue weighted by atomic mass is 10.1. The minimum absolute atomic E-state index is 0.0834. The molecule has 14 heavy (non-hydrogen) atoms. The number of carbonyl (C=O) groups is 1. The number of benzene rings is 1. The number of halogens is 2. The van der Waals surface area contributed by atoms with Crippen molar-refractivity contribution in [3.05, 3.63) is 35.4 Å². The van der Waals surface area contributed by atoms with Gasteiger partial charge in [-0.25, -0.2) is 8.78 Å². The molecular formula is C10H8F2O2. The molecule has 1 aliphatic rings. The van der Waals surface area contributed by atoms with E-state index >= 15 is 0 Å². The monoisotopic (exact) mass is 198 g/mol. The second-order valence-electron chi connectivity index (χ2n) is 3.42. The molecule has 0 saturated heterocycles. The molecule has 1 fully saturated rings. The Balaban J connectivity index is 2.31. The number of carboxylic acids is 1. The predicted molar refractivity (Wildman–Crippen MR) is 44.8 cm³/mol. The van der Waals surface area contributed by atoms with Gasteiger partial charge in [0.15, 0.2) is 0 Å². The molecule has 1 aromatic rings. The number of aliphatic carboxylic acids is 1. The molecule has 1 N–H and O–H groups in total. The highest BCUT2D eigenvalue weighted by Crippen LogP contribution is 2.49. The van der Waals surface area contributed by atoms with Crippen LogP contribution in [0.5, 0.6) is 0 Å². The molecule has 2 atom stereocenters. The normalized spacial score (nSPS) is 24.7. The Labute approximate surface area is 79.2 Å². The zero-order chi connectivity index (χ0) is 10.3. The molecule has 0 spiro atoms. The van der Waals surface area contributed by atoms with Crippen molar-refractivity contribution in [2.75, 3.05) is 0 Å². The van der Waals surface area contributed by atoms with Crippen LogP contribution in [0.4, 0.5) is 8.78 Å². The summed E-state index contributed by atoms with van der Waals surface area (Å²) in [5, 5.41) is 8.62. The second kappa shape index (κ2) is 3.04. The summed E-state index contributed by atoms with van der Waals surface area (Å²) in [4.78, 5) is 10.5. The molecule has 1 aliphatic carbocycles. The van der Waals surface area contributed by atoms with E-state index in [1.54, 1.807) is 0 Å². The fourth-order valence-corrected chi connectivity index (χ4v) is 1.65. The largest absolute Gasteiger partial charge is 0.481 e. The summed E-state index contributed by atoms with van der Waals surface area (Å²) in [6.45, 7) is 0. The van der Waals surface area contributed by atoms with Crippen molar-refractivity contribution >= 4 is 5.97 Å². The lowest BCUT2D eigenvalue weighted by Crippen LogP contribution is -2.01. The van der Waals surface area contributed by atoms with Gasteiger partial charge in [-0.1, -0.05) is 6.07 Å². The molecule has 0 heterocycles. The minimum Gasteiger partial charge on any atom is -0.481 e. The van der Waals surface area contributed by atoms with E-state index in [4.69, 9.17) is 5.11 Å². The van der Waals surface area contributed by atoms with Gasteiger partial charge in [0.1, 0.15) is 11.6 Å². The molecule has 1 saturated carbocycles. The van der Waals surface area contributed by atoms with Gasteiger partial charge in [-0.15, -0.1) is 0 Å². The first-order chi connectivity index (χ1) is 6.61. The first-order valence-corrected chi connectivity index (χ1v) is 4.28. The Kier molecular flexibility index (Phi) is 1.98. The maximum absolute atomic E-state index is 13.1. The van der Waals surface area contributed by atoms with Gasteiger partial charge in [0, 0.05) is 11.5 Å². The molecular weight excluding hydrogens is 190 g/mol. The van der Waals surface area contributed by atoms with E-state index < -0.39 is 29.4 Å². The van der Waals surface area contributed by atoms with Crippen LogP contribution < -0.4 is 0 Å². The fourth-order valence-electron chi connectivity index (χ4n) is 1.65. The van der Waals surface area contributed by atoms with E-state index in [1.807, 2.05) is 0 Å². The Morgan fingerprint density at radius 2 is 1.93 bits per heavy atom. The molecule has 74 valence electrons. The highest BCUT2D eigenvalue weighted by atomic mass is 19.1. The molecule has 0 aliphatic heterocycles. The Morgan fingerprint density at radius 3 is 2.36 bits per heavy atom. The topological polar surface area (TPSA) is 37.3 Å². The Morgan fingerprint density at radius 1 is 1.36 bits per heavy atom. The summed E-state index contributed by atoms with van der Waals surface area (Å²) < 4.78 is 26.3. The van der Waals surface area contributed by atoms with Crippen molar-refractivity contribution in [1.29, 1.82) is 0 Å². The van der Waals surface area contributed by atoms with Crippen LogP contribution >= 0.6 is 0 Å². The molecule has 2 unspecified atom stereocenters. The summed E-state index contributed by atoms with van der Waals surface area (Å²) in [7, 11) is 0. The highest BCUT2D eigenvalue weighted by molar-refractivity contribution is 5.75. The zero-order valence-corrected chi connectivity index (χ0v) is 7.21. The average molecular weight is 198 g/mol. The van der Waals surface area contributed by atoms with E-state index in [9.17, 15) is 13.6 Å². The van der Waals surface area contributed by atoms with Crippen LogP contribution in [0, 0.1) is 17.6 Å². The maximum atomic E-state index is 13.1. The average Bonchev–Trinajstić information content (AvgIpc) is 2.83. The van der Waals surface area contributed by atoms with Crippen LogP contribution in [0.3, 0.4) is 0 Å². The molecule has 2 rings (SSSR count). The van der Waals surface area contributed by atoms with Gasteiger partial charge in [-0.2, -0.15) is 0 Å². The van der Waals surface area contributed by atoms with Crippen molar-refractivity contribution in [3.8, 4) is 0 Å². The SMILES string of the molecule is O=C(O)C1CC1c1c(F)cccc1F. The molecule has 0 amide bonds. The third kappa shape index (κ3) is 1.36. The first kappa shape index (κ1) is 9.12. The minimum atomic E-state index is -0.988. The first-order valence-electron chi connectivity index (χ1n) is 4.28. The summed E-state index contributed by atoms with van der Waals surface area (Å²) in [6.07, 6.45) is 0.327. The quantitative estimate of drug-likeness (QED) is 0.790. The van der Waals surface area contributed by atoms with E-state index in [2.05, 4.69) is 0 Å². The van der Waals surface area contributed by atoms with Crippen LogP contribution in [0.25, 0.3) is 0 Å². The van der Waals surface area contributed by atoms with Gasteiger partial charge in [0.05, 0.1) is 5.92 Å². The van der Waals surface area contributed by atoms with E-state index in [1.165, 1.54) is 6.07 Å². The Bertz CT molecular complexity index is 369. The van der Waals surface area contributed by atoms with Crippen LogP contribution in [-0.4, -0.2) is 11.1 Å². The fraction of sp³-hybridized carbons (Fsp3) is 0.300. The van der Waals surface area contributed by atoms with Gasteiger partial charge in [0.2, 0.25) is 0 Å². The third-order valence-electron chi connectivity index (χ3n) is 2.48. The highest BCUT2D eigenvalue weighted by Gasteiger charge is 2.46. The van der Waals surface area contributed by atoms with E-state index in [0.717, 1.165) is 12.1 Å². The van der Waals surface area contributed by atoms with Crippen LogP contribution in [0.15, 0.2) is 18.2 Å². The van der Waals surface area contributed by atoms with Gasteiger partial charge in [0.25, 0.3) is 0 Å². The number of rotatable bonds is 2. The van der Waals surface area contributed by atoms with E-state index in [0.29, 0.717) is 6.42 Å². The lowest BCUT2D eigenvalue weighted by Gasteiger charge is -2.01. The second-order valence-corrected chi connectivity index (χ2v) is 3.42. The van der Waals surface area contributed by atoms with Gasteiger partial charge in [-0.05, 0) is 18.6 Å². The van der Waals surface area contributed by atoms with Crippen molar-refractivity contribution in [1.82, 2.24) is 0 Å². The van der Waals surface area contributed by atoms with Crippen molar-refractivity contribution in [2.45, 2.75) is 12.3 Å².